The van der Waals surface area contributed by atoms with E-state index in [-0.39, 0.29) is 18.7 Å². The second kappa shape index (κ2) is 4.22. The van der Waals surface area contributed by atoms with Crippen LogP contribution in [0.3, 0.4) is 0 Å². The smallest absolute Gasteiger partial charge is 0.410 e. The summed E-state index contributed by atoms with van der Waals surface area (Å²) in [5.74, 6) is 0. The Hall–Kier alpha value is -0.810. The molecule has 0 aromatic rings. The SMILES string of the molecule is COC1(CO)CN(C(=O)OC(C)(C)C)C1C. The third-order valence-electron chi connectivity index (χ3n) is 2.97. The number of amides is 1. The normalized spacial score (nSPS) is 29.9. The van der Waals surface area contributed by atoms with Gasteiger partial charge in [-0.25, -0.2) is 4.79 Å². The van der Waals surface area contributed by atoms with Gasteiger partial charge >= 0.3 is 6.09 Å². The summed E-state index contributed by atoms with van der Waals surface area (Å²) >= 11 is 0. The van der Waals surface area contributed by atoms with Gasteiger partial charge in [0.25, 0.3) is 0 Å². The van der Waals surface area contributed by atoms with Crippen LogP contribution in [-0.4, -0.2) is 53.6 Å². The number of aliphatic hydroxyl groups excluding tert-OH is 1. The minimum Gasteiger partial charge on any atom is -0.444 e. The molecule has 1 heterocycles. The Bertz CT molecular complexity index is 268. The Kier molecular flexibility index (Phi) is 3.50. The number of rotatable bonds is 2. The van der Waals surface area contributed by atoms with Crippen LogP contribution in [-0.2, 0) is 9.47 Å². The summed E-state index contributed by atoms with van der Waals surface area (Å²) in [6.07, 6.45) is -0.360. The summed E-state index contributed by atoms with van der Waals surface area (Å²) in [5.41, 5.74) is -1.13. The second-order valence-electron chi connectivity index (χ2n) is 5.21. The van der Waals surface area contributed by atoms with Crippen LogP contribution < -0.4 is 0 Å². The molecular formula is C11H21NO4. The third kappa shape index (κ3) is 2.30. The summed E-state index contributed by atoms with van der Waals surface area (Å²) in [6.45, 7) is 7.59. The Labute approximate surface area is 96.3 Å². The summed E-state index contributed by atoms with van der Waals surface area (Å²) in [4.78, 5) is 13.3. The lowest BCUT2D eigenvalue weighted by atomic mass is 9.85. The van der Waals surface area contributed by atoms with Crippen LogP contribution >= 0.6 is 0 Å². The first-order valence-electron chi connectivity index (χ1n) is 5.41. The van der Waals surface area contributed by atoms with Gasteiger partial charge in [0.1, 0.15) is 11.2 Å². The van der Waals surface area contributed by atoms with Crippen molar-refractivity contribution in [1.29, 1.82) is 0 Å². The van der Waals surface area contributed by atoms with Gasteiger partial charge in [-0.3, -0.25) is 4.90 Å². The molecule has 5 nitrogen and oxygen atoms in total. The van der Waals surface area contributed by atoms with Crippen molar-refractivity contribution in [3.05, 3.63) is 0 Å². The maximum Gasteiger partial charge on any atom is 0.410 e. The van der Waals surface area contributed by atoms with E-state index in [0.717, 1.165) is 0 Å². The van der Waals surface area contributed by atoms with E-state index < -0.39 is 11.2 Å². The highest BCUT2D eigenvalue weighted by molar-refractivity contribution is 5.70. The number of hydrogen-bond acceptors (Lipinski definition) is 4. The fourth-order valence-corrected chi connectivity index (χ4v) is 1.75. The van der Waals surface area contributed by atoms with Crippen LogP contribution in [0.4, 0.5) is 4.79 Å². The lowest BCUT2D eigenvalue weighted by Crippen LogP contribution is -2.72. The standard InChI is InChI=1S/C11H21NO4/c1-8-11(7-13,15-5)6-12(8)9(14)16-10(2,3)4/h8,13H,6-7H2,1-5H3. The van der Waals surface area contributed by atoms with Crippen LogP contribution in [0.25, 0.3) is 0 Å². The Morgan fingerprint density at radius 2 is 2.12 bits per heavy atom. The van der Waals surface area contributed by atoms with E-state index in [2.05, 4.69) is 0 Å². The fraction of sp³-hybridized carbons (Fsp3) is 0.909. The van der Waals surface area contributed by atoms with Gasteiger partial charge < -0.3 is 14.6 Å². The molecule has 5 heteroatoms. The first-order chi connectivity index (χ1) is 7.25. The van der Waals surface area contributed by atoms with Crippen LogP contribution in [0, 0.1) is 0 Å². The number of aliphatic hydroxyl groups is 1. The Morgan fingerprint density at radius 3 is 2.44 bits per heavy atom. The molecule has 0 saturated carbocycles. The Balaban J connectivity index is 2.58. The van der Waals surface area contributed by atoms with Gasteiger partial charge in [0, 0.05) is 7.11 Å². The van der Waals surface area contributed by atoms with E-state index >= 15 is 0 Å². The third-order valence-corrected chi connectivity index (χ3v) is 2.97. The molecule has 2 atom stereocenters. The molecule has 0 aromatic carbocycles. The van der Waals surface area contributed by atoms with Gasteiger partial charge in [0.05, 0.1) is 19.2 Å². The quantitative estimate of drug-likeness (QED) is 0.770. The molecule has 94 valence electrons. The number of carbonyl (C=O) groups excluding carboxylic acids is 1. The topological polar surface area (TPSA) is 59.0 Å². The molecule has 2 unspecified atom stereocenters. The highest BCUT2D eigenvalue weighted by Gasteiger charge is 2.53. The molecule has 1 amide bonds. The van der Waals surface area contributed by atoms with Crippen molar-refractivity contribution in [3.63, 3.8) is 0 Å². The van der Waals surface area contributed by atoms with E-state index in [1.54, 1.807) is 12.0 Å². The van der Waals surface area contributed by atoms with Crippen LogP contribution in [0.1, 0.15) is 27.7 Å². The van der Waals surface area contributed by atoms with Gasteiger partial charge in [0.15, 0.2) is 0 Å². The number of nitrogens with zero attached hydrogens (tertiary/aromatic N) is 1. The van der Waals surface area contributed by atoms with Gasteiger partial charge in [-0.05, 0) is 27.7 Å². The monoisotopic (exact) mass is 231 g/mol. The van der Waals surface area contributed by atoms with Gasteiger partial charge in [0.2, 0.25) is 0 Å². The van der Waals surface area contributed by atoms with Crippen molar-refractivity contribution in [2.24, 2.45) is 0 Å². The van der Waals surface area contributed by atoms with E-state index in [1.807, 2.05) is 27.7 Å². The molecule has 16 heavy (non-hydrogen) atoms. The van der Waals surface area contributed by atoms with Crippen molar-refractivity contribution in [3.8, 4) is 0 Å². The molecule has 0 aromatic heterocycles. The number of methoxy groups -OCH3 is 1. The van der Waals surface area contributed by atoms with E-state index in [0.29, 0.717) is 6.54 Å². The molecule has 1 rings (SSSR count). The van der Waals surface area contributed by atoms with Crippen LogP contribution in [0.5, 0.6) is 0 Å². The first-order valence-corrected chi connectivity index (χ1v) is 5.41. The summed E-state index contributed by atoms with van der Waals surface area (Å²) in [5, 5.41) is 9.24. The predicted octanol–water partition coefficient (Wildman–Crippen LogP) is 1.00. The minimum absolute atomic E-state index is 0.0933. The average molecular weight is 231 g/mol. The van der Waals surface area contributed by atoms with Crippen molar-refractivity contribution < 1.29 is 19.4 Å². The second-order valence-corrected chi connectivity index (χ2v) is 5.21. The number of ether oxygens (including phenoxy) is 2. The molecule has 0 radical (unpaired) electrons. The largest absolute Gasteiger partial charge is 0.444 e. The lowest BCUT2D eigenvalue weighted by Gasteiger charge is -2.53. The average Bonchev–Trinajstić information content (AvgIpc) is 2.15. The molecule has 1 fully saturated rings. The summed E-state index contributed by atoms with van der Waals surface area (Å²) in [6, 6.07) is -0.169. The zero-order valence-electron chi connectivity index (χ0n) is 10.6. The van der Waals surface area contributed by atoms with Crippen LogP contribution in [0.15, 0.2) is 0 Å². The van der Waals surface area contributed by atoms with Crippen molar-refractivity contribution in [2.75, 3.05) is 20.3 Å². The van der Waals surface area contributed by atoms with E-state index in [9.17, 15) is 9.90 Å². The zero-order chi connectivity index (χ0) is 12.6. The van der Waals surface area contributed by atoms with Crippen molar-refractivity contribution >= 4 is 6.09 Å². The van der Waals surface area contributed by atoms with E-state index in [4.69, 9.17) is 9.47 Å². The molecule has 0 spiro atoms. The number of carbonyl (C=O) groups is 1. The molecule has 0 aliphatic carbocycles. The summed E-state index contributed by atoms with van der Waals surface area (Å²) < 4.78 is 10.5. The molecule has 1 aliphatic heterocycles. The maximum absolute atomic E-state index is 11.7. The number of hydrogen-bond donors (Lipinski definition) is 1. The van der Waals surface area contributed by atoms with Crippen molar-refractivity contribution in [1.82, 2.24) is 4.90 Å². The molecule has 1 saturated heterocycles. The maximum atomic E-state index is 11.7. The Morgan fingerprint density at radius 1 is 1.56 bits per heavy atom. The summed E-state index contributed by atoms with van der Waals surface area (Å²) in [7, 11) is 1.54. The predicted molar refractivity (Wildman–Crippen MR) is 59.2 cm³/mol. The molecule has 1 N–H and O–H groups in total. The van der Waals surface area contributed by atoms with Crippen molar-refractivity contribution in [2.45, 2.75) is 44.9 Å². The van der Waals surface area contributed by atoms with Crippen LogP contribution in [0.2, 0.25) is 0 Å². The lowest BCUT2D eigenvalue weighted by molar-refractivity contribution is -0.178. The first kappa shape index (κ1) is 13.3. The molecule has 0 bridgehead atoms. The van der Waals surface area contributed by atoms with Gasteiger partial charge in [-0.2, -0.15) is 0 Å². The fourth-order valence-electron chi connectivity index (χ4n) is 1.75. The van der Waals surface area contributed by atoms with Gasteiger partial charge in [-0.15, -0.1) is 0 Å². The molecule has 1 aliphatic rings. The minimum atomic E-state index is -0.628. The van der Waals surface area contributed by atoms with E-state index in [1.165, 1.54) is 0 Å². The number of likely N-dealkylation sites (tertiary alicyclic amines) is 1. The highest BCUT2D eigenvalue weighted by Crippen LogP contribution is 2.33. The van der Waals surface area contributed by atoms with Gasteiger partial charge in [-0.1, -0.05) is 0 Å². The highest BCUT2D eigenvalue weighted by atomic mass is 16.6. The zero-order valence-corrected chi connectivity index (χ0v) is 10.6. The molecular weight excluding hydrogens is 210 g/mol.